The van der Waals surface area contributed by atoms with Gasteiger partial charge in [0.15, 0.2) is 0 Å². The maximum Gasteiger partial charge on any atom is 0.255 e. The molecule has 2 aromatic heterocycles. The Morgan fingerprint density at radius 3 is 2.67 bits per heavy atom. The van der Waals surface area contributed by atoms with Crippen LogP contribution in [0.2, 0.25) is 0 Å². The summed E-state index contributed by atoms with van der Waals surface area (Å²) in [6.07, 6.45) is 5.88. The lowest BCUT2D eigenvalue weighted by atomic mass is 10.0. The fourth-order valence-corrected chi connectivity index (χ4v) is 4.25. The first kappa shape index (κ1) is 18.3. The first-order valence-electron chi connectivity index (χ1n) is 9.70. The number of piperidine rings is 1. The molecule has 0 aliphatic carbocycles. The highest BCUT2D eigenvalue weighted by molar-refractivity contribution is 6.05. The van der Waals surface area contributed by atoms with Crippen LogP contribution in [0.15, 0.2) is 37.1 Å². The van der Waals surface area contributed by atoms with Crippen molar-refractivity contribution in [2.24, 2.45) is 14.1 Å². The van der Waals surface area contributed by atoms with Crippen molar-refractivity contribution >= 4 is 17.7 Å². The van der Waals surface area contributed by atoms with Gasteiger partial charge < -0.3 is 14.0 Å². The summed E-state index contributed by atoms with van der Waals surface area (Å²) in [5, 5.41) is 2.33. The normalized spacial score (nSPS) is 18.7. The van der Waals surface area contributed by atoms with Crippen molar-refractivity contribution in [1.82, 2.24) is 29.3 Å². The Kier molecular flexibility index (Phi) is 4.05. The zero-order valence-corrected chi connectivity index (χ0v) is 16.6. The van der Waals surface area contributed by atoms with E-state index < -0.39 is 11.9 Å². The fourth-order valence-electron chi connectivity index (χ4n) is 4.25. The zero-order chi connectivity index (χ0) is 21.0. The minimum Gasteiger partial charge on any atom is -0.332 e. The number of imidazole rings is 2. The summed E-state index contributed by atoms with van der Waals surface area (Å²) in [5.74, 6) is -0.879. The number of amides is 3. The second-order valence-electron chi connectivity index (χ2n) is 7.71. The van der Waals surface area contributed by atoms with E-state index in [1.165, 1.54) is 0 Å². The van der Waals surface area contributed by atoms with E-state index in [0.717, 1.165) is 28.2 Å². The molecule has 5 rings (SSSR count). The number of carbonyl (C=O) groups is 3. The predicted octanol–water partition coefficient (Wildman–Crippen LogP) is 1.25. The number of hydrogen-bond donors (Lipinski definition) is 1. The number of nitrogens with one attached hydrogen (secondary N) is 1. The topological polar surface area (TPSA) is 102 Å². The number of fused-ring (bicyclic) bond motifs is 1. The summed E-state index contributed by atoms with van der Waals surface area (Å²) in [4.78, 5) is 46.9. The standard InChI is InChI=1S/C21H20N6O3/c1-25-10-22-8-16(25)19-18(23-11-26(19)2)12-3-4-14-13(7-12)9-27(21(14)30)15-5-6-17(28)24-20(15)29/h3-4,7-8,10-11,15H,5-6,9H2,1-2H3,(H,24,28,29)/t15-/m0/s1. The molecular weight excluding hydrogens is 384 g/mol. The smallest absolute Gasteiger partial charge is 0.255 e. The lowest BCUT2D eigenvalue weighted by Gasteiger charge is -2.29. The Hall–Kier alpha value is -3.75. The molecule has 1 fully saturated rings. The Labute approximate surface area is 172 Å². The van der Waals surface area contributed by atoms with Gasteiger partial charge in [-0.3, -0.25) is 19.7 Å². The first-order valence-corrected chi connectivity index (χ1v) is 9.70. The summed E-state index contributed by atoms with van der Waals surface area (Å²) in [6.45, 7) is 0.335. The van der Waals surface area contributed by atoms with Crippen molar-refractivity contribution in [1.29, 1.82) is 0 Å². The highest BCUT2D eigenvalue weighted by atomic mass is 16.2. The molecule has 0 radical (unpaired) electrons. The summed E-state index contributed by atoms with van der Waals surface area (Å²) in [6, 6.07) is 5.01. The highest BCUT2D eigenvalue weighted by Gasteiger charge is 2.39. The van der Waals surface area contributed by atoms with Crippen molar-refractivity contribution in [2.75, 3.05) is 0 Å². The number of carbonyl (C=O) groups excluding carboxylic acids is 3. The molecule has 4 heterocycles. The number of imide groups is 1. The van der Waals surface area contributed by atoms with Crippen molar-refractivity contribution in [3.05, 3.63) is 48.2 Å². The van der Waals surface area contributed by atoms with Crippen LogP contribution in [0.25, 0.3) is 22.6 Å². The molecule has 30 heavy (non-hydrogen) atoms. The number of benzene rings is 1. The fraction of sp³-hybridized carbons (Fsp3) is 0.286. The van der Waals surface area contributed by atoms with Crippen LogP contribution in [0.1, 0.15) is 28.8 Å². The monoisotopic (exact) mass is 404 g/mol. The second kappa shape index (κ2) is 6.65. The Balaban J connectivity index is 1.50. The predicted molar refractivity (Wildman–Crippen MR) is 107 cm³/mol. The summed E-state index contributed by atoms with van der Waals surface area (Å²) >= 11 is 0. The minimum atomic E-state index is -0.620. The molecule has 1 atom stereocenters. The molecule has 0 unspecified atom stereocenters. The molecule has 1 aromatic carbocycles. The summed E-state index contributed by atoms with van der Waals surface area (Å²) < 4.78 is 3.88. The Morgan fingerprint density at radius 2 is 1.93 bits per heavy atom. The van der Waals surface area contributed by atoms with Gasteiger partial charge in [-0.25, -0.2) is 9.97 Å². The van der Waals surface area contributed by atoms with Gasteiger partial charge in [0, 0.05) is 38.2 Å². The molecule has 9 heteroatoms. The van der Waals surface area contributed by atoms with Crippen LogP contribution >= 0.6 is 0 Å². The number of rotatable bonds is 3. The average molecular weight is 404 g/mol. The molecule has 1 saturated heterocycles. The molecule has 3 aromatic rings. The van der Waals surface area contributed by atoms with E-state index in [2.05, 4.69) is 15.3 Å². The molecular formula is C21H20N6O3. The molecule has 0 bridgehead atoms. The lowest BCUT2D eigenvalue weighted by molar-refractivity contribution is -0.136. The van der Waals surface area contributed by atoms with Gasteiger partial charge in [0.1, 0.15) is 6.04 Å². The Bertz CT molecular complexity index is 1210. The van der Waals surface area contributed by atoms with E-state index in [1.54, 1.807) is 29.8 Å². The third-order valence-electron chi connectivity index (χ3n) is 5.79. The van der Waals surface area contributed by atoms with Gasteiger partial charge in [-0.1, -0.05) is 6.07 Å². The van der Waals surface area contributed by atoms with Crippen molar-refractivity contribution < 1.29 is 14.4 Å². The summed E-state index contributed by atoms with van der Waals surface area (Å²) in [7, 11) is 3.86. The van der Waals surface area contributed by atoms with E-state index in [0.29, 0.717) is 18.5 Å². The van der Waals surface area contributed by atoms with E-state index in [9.17, 15) is 14.4 Å². The molecule has 0 spiro atoms. The SMILES string of the molecule is Cn1cncc1-c1c(-c2ccc3c(c2)CN([C@H]2CCC(=O)NC2=O)C3=O)ncn1C. The van der Waals surface area contributed by atoms with Crippen LogP contribution < -0.4 is 5.32 Å². The molecule has 1 N–H and O–H groups in total. The van der Waals surface area contributed by atoms with Crippen LogP contribution in [0.4, 0.5) is 0 Å². The van der Waals surface area contributed by atoms with Gasteiger partial charge in [-0.05, 0) is 24.1 Å². The largest absolute Gasteiger partial charge is 0.332 e. The van der Waals surface area contributed by atoms with E-state index in [4.69, 9.17) is 0 Å². The van der Waals surface area contributed by atoms with E-state index in [-0.39, 0.29) is 18.2 Å². The quantitative estimate of drug-likeness (QED) is 0.662. The molecule has 9 nitrogen and oxygen atoms in total. The molecule has 0 saturated carbocycles. The maximum absolute atomic E-state index is 12.9. The van der Waals surface area contributed by atoms with Gasteiger partial charge in [0.2, 0.25) is 11.8 Å². The zero-order valence-electron chi connectivity index (χ0n) is 16.6. The minimum absolute atomic E-state index is 0.182. The van der Waals surface area contributed by atoms with E-state index in [1.807, 2.05) is 35.4 Å². The van der Waals surface area contributed by atoms with Gasteiger partial charge >= 0.3 is 0 Å². The summed E-state index contributed by atoms with van der Waals surface area (Å²) in [5.41, 5.74) is 5.00. The maximum atomic E-state index is 12.9. The molecule has 152 valence electrons. The molecule has 3 amide bonds. The number of hydrogen-bond acceptors (Lipinski definition) is 5. The van der Waals surface area contributed by atoms with E-state index >= 15 is 0 Å². The van der Waals surface area contributed by atoms with Gasteiger partial charge in [-0.2, -0.15) is 0 Å². The molecule has 2 aliphatic rings. The number of nitrogens with zero attached hydrogens (tertiary/aromatic N) is 5. The van der Waals surface area contributed by atoms with Gasteiger partial charge in [0.05, 0.1) is 35.9 Å². The second-order valence-corrected chi connectivity index (χ2v) is 7.71. The average Bonchev–Trinajstić information content (AvgIpc) is 3.39. The van der Waals surface area contributed by atoms with Gasteiger partial charge in [-0.15, -0.1) is 0 Å². The number of aryl methyl sites for hydroxylation is 2. The number of aromatic nitrogens is 4. The van der Waals surface area contributed by atoms with Crippen LogP contribution in [0, 0.1) is 0 Å². The third kappa shape index (κ3) is 2.73. The first-order chi connectivity index (χ1) is 14.4. The van der Waals surface area contributed by atoms with Crippen LogP contribution in [-0.4, -0.2) is 47.8 Å². The third-order valence-corrected chi connectivity index (χ3v) is 5.79. The Morgan fingerprint density at radius 1 is 1.10 bits per heavy atom. The highest BCUT2D eigenvalue weighted by Crippen LogP contribution is 2.34. The van der Waals surface area contributed by atoms with Gasteiger partial charge in [0.25, 0.3) is 5.91 Å². The lowest BCUT2D eigenvalue weighted by Crippen LogP contribution is -2.52. The van der Waals surface area contributed by atoms with Crippen LogP contribution in [-0.2, 0) is 30.2 Å². The molecule has 2 aliphatic heterocycles. The van der Waals surface area contributed by atoms with Crippen LogP contribution in [0.5, 0.6) is 0 Å². The van der Waals surface area contributed by atoms with Crippen molar-refractivity contribution in [2.45, 2.75) is 25.4 Å². The van der Waals surface area contributed by atoms with Crippen molar-refractivity contribution in [3.63, 3.8) is 0 Å². The van der Waals surface area contributed by atoms with Crippen LogP contribution in [0.3, 0.4) is 0 Å². The van der Waals surface area contributed by atoms with Crippen molar-refractivity contribution in [3.8, 4) is 22.6 Å².